The summed E-state index contributed by atoms with van der Waals surface area (Å²) in [6.07, 6.45) is 3.29. The Balaban J connectivity index is 1.83. The summed E-state index contributed by atoms with van der Waals surface area (Å²) in [5.74, 6) is -0.306. The first-order chi connectivity index (χ1) is 9.06. The van der Waals surface area contributed by atoms with Crippen molar-refractivity contribution in [3.8, 4) is 0 Å². The molecule has 1 fully saturated rings. The molecule has 0 amide bonds. The number of carbonyl (C=O) groups excluding carboxylic acids is 1. The maximum absolute atomic E-state index is 11.8. The Kier molecular flexibility index (Phi) is 4.49. The zero-order chi connectivity index (χ0) is 13.8. The van der Waals surface area contributed by atoms with Crippen molar-refractivity contribution in [2.75, 3.05) is 0 Å². The summed E-state index contributed by atoms with van der Waals surface area (Å²) in [5.41, 5.74) is 6.08. The van der Waals surface area contributed by atoms with Gasteiger partial charge < -0.3 is 15.2 Å². The van der Waals surface area contributed by atoms with E-state index in [0.29, 0.717) is 12.2 Å². The molecule has 2 atom stereocenters. The molecule has 0 bridgehead atoms. The van der Waals surface area contributed by atoms with Crippen molar-refractivity contribution in [3.63, 3.8) is 0 Å². The molecule has 2 heterocycles. The number of aromatic nitrogens is 3. The Morgan fingerprint density at radius 1 is 1.53 bits per heavy atom. The zero-order valence-electron chi connectivity index (χ0n) is 11.3. The fraction of sp³-hybridized carbons (Fsp3) is 0.750. The highest BCUT2D eigenvalue weighted by atomic mass is 16.6. The van der Waals surface area contributed by atoms with Crippen LogP contribution in [0.1, 0.15) is 32.4 Å². The minimum Gasteiger partial charge on any atom is -0.461 e. The number of rotatable bonds is 4. The van der Waals surface area contributed by atoms with Crippen molar-refractivity contribution in [2.24, 2.45) is 5.73 Å². The lowest BCUT2D eigenvalue weighted by Gasteiger charge is -2.31. The molecule has 2 unspecified atom stereocenters. The molecule has 0 saturated carbocycles. The van der Waals surface area contributed by atoms with Gasteiger partial charge in [-0.3, -0.25) is 4.79 Å². The van der Waals surface area contributed by atoms with Gasteiger partial charge in [0.05, 0.1) is 24.1 Å². The summed E-state index contributed by atoms with van der Waals surface area (Å²) in [6.45, 7) is 4.35. The predicted octanol–water partition coefficient (Wildman–Crippen LogP) is 0.236. The number of hydrogen-bond acceptors (Lipinski definition) is 6. The van der Waals surface area contributed by atoms with Gasteiger partial charge in [0, 0.05) is 19.4 Å². The second-order valence-electron chi connectivity index (χ2n) is 4.95. The normalized spacial score (nSPS) is 27.2. The molecule has 1 aromatic rings. The van der Waals surface area contributed by atoms with Crippen molar-refractivity contribution >= 4 is 5.97 Å². The number of nitrogens with zero attached hydrogens (tertiary/aromatic N) is 3. The minimum absolute atomic E-state index is 0.0626. The third-order valence-electron chi connectivity index (χ3n) is 3.04. The minimum atomic E-state index is -0.306. The number of nitrogens with two attached hydrogens (primary N) is 1. The summed E-state index contributed by atoms with van der Waals surface area (Å²) in [7, 11) is 0. The van der Waals surface area contributed by atoms with Gasteiger partial charge in [-0.05, 0) is 13.8 Å². The van der Waals surface area contributed by atoms with E-state index < -0.39 is 0 Å². The highest BCUT2D eigenvalue weighted by molar-refractivity contribution is 5.69. The predicted molar refractivity (Wildman–Crippen MR) is 67.0 cm³/mol. The van der Waals surface area contributed by atoms with E-state index >= 15 is 0 Å². The smallest absolute Gasteiger partial charge is 0.328 e. The SMILES string of the molecule is CC1CC(OC(=O)Cn2cc(CN)nn2)CC(C)O1. The Morgan fingerprint density at radius 3 is 2.79 bits per heavy atom. The molecule has 2 rings (SSSR count). The lowest BCUT2D eigenvalue weighted by Crippen LogP contribution is -2.36. The van der Waals surface area contributed by atoms with Crippen LogP contribution in [0.4, 0.5) is 0 Å². The van der Waals surface area contributed by atoms with E-state index in [1.807, 2.05) is 13.8 Å². The molecule has 2 N–H and O–H groups in total. The van der Waals surface area contributed by atoms with Gasteiger partial charge in [-0.25, -0.2) is 4.68 Å². The monoisotopic (exact) mass is 268 g/mol. The van der Waals surface area contributed by atoms with Gasteiger partial charge in [0.1, 0.15) is 12.6 Å². The first-order valence-corrected chi connectivity index (χ1v) is 6.51. The van der Waals surface area contributed by atoms with Gasteiger partial charge >= 0.3 is 5.97 Å². The van der Waals surface area contributed by atoms with Gasteiger partial charge in [0.2, 0.25) is 0 Å². The second-order valence-corrected chi connectivity index (χ2v) is 4.95. The van der Waals surface area contributed by atoms with E-state index in [2.05, 4.69) is 10.3 Å². The van der Waals surface area contributed by atoms with Crippen LogP contribution >= 0.6 is 0 Å². The van der Waals surface area contributed by atoms with Crippen LogP contribution in [0.3, 0.4) is 0 Å². The van der Waals surface area contributed by atoms with E-state index in [1.165, 1.54) is 4.68 Å². The van der Waals surface area contributed by atoms with Gasteiger partial charge in [0.25, 0.3) is 0 Å². The topological polar surface area (TPSA) is 92.3 Å². The molecule has 19 heavy (non-hydrogen) atoms. The standard InChI is InChI=1S/C12H20N4O3/c1-8-3-11(4-9(2)18-8)19-12(17)7-16-6-10(5-13)14-15-16/h6,8-9,11H,3-5,7,13H2,1-2H3. The molecule has 106 valence electrons. The molecule has 0 spiro atoms. The first kappa shape index (κ1) is 14.0. The summed E-state index contributed by atoms with van der Waals surface area (Å²) in [5, 5.41) is 7.63. The van der Waals surface area contributed by atoms with E-state index in [-0.39, 0.29) is 30.8 Å². The van der Waals surface area contributed by atoms with Crippen LogP contribution in [0, 0.1) is 0 Å². The van der Waals surface area contributed by atoms with Gasteiger partial charge in [-0.15, -0.1) is 5.10 Å². The quantitative estimate of drug-likeness (QED) is 0.786. The van der Waals surface area contributed by atoms with E-state index in [0.717, 1.165) is 12.8 Å². The lowest BCUT2D eigenvalue weighted by molar-refractivity contribution is -0.160. The number of hydrogen-bond donors (Lipinski definition) is 1. The molecule has 1 saturated heterocycles. The molecular weight excluding hydrogens is 248 g/mol. The average Bonchev–Trinajstić information content (AvgIpc) is 2.74. The van der Waals surface area contributed by atoms with Crippen molar-refractivity contribution in [3.05, 3.63) is 11.9 Å². The molecule has 7 heteroatoms. The Labute approximate surface area is 112 Å². The third kappa shape index (κ3) is 4.00. The van der Waals surface area contributed by atoms with Crippen molar-refractivity contribution in [2.45, 2.75) is 58.1 Å². The molecular formula is C12H20N4O3. The zero-order valence-corrected chi connectivity index (χ0v) is 11.3. The maximum atomic E-state index is 11.8. The Bertz CT molecular complexity index is 424. The molecule has 0 radical (unpaired) electrons. The Morgan fingerprint density at radius 2 is 2.21 bits per heavy atom. The van der Waals surface area contributed by atoms with Crippen LogP contribution in [0.25, 0.3) is 0 Å². The first-order valence-electron chi connectivity index (χ1n) is 6.51. The van der Waals surface area contributed by atoms with E-state index in [9.17, 15) is 4.79 Å². The summed E-state index contributed by atoms with van der Waals surface area (Å²) in [6, 6.07) is 0. The highest BCUT2D eigenvalue weighted by Crippen LogP contribution is 2.21. The highest BCUT2D eigenvalue weighted by Gasteiger charge is 2.27. The molecule has 1 aromatic heterocycles. The molecule has 1 aliphatic rings. The summed E-state index contributed by atoms with van der Waals surface area (Å²) in [4.78, 5) is 11.8. The van der Waals surface area contributed by atoms with Crippen LogP contribution in [0.2, 0.25) is 0 Å². The van der Waals surface area contributed by atoms with E-state index in [1.54, 1.807) is 6.20 Å². The van der Waals surface area contributed by atoms with E-state index in [4.69, 9.17) is 15.2 Å². The Hall–Kier alpha value is -1.47. The fourth-order valence-electron chi connectivity index (χ4n) is 2.31. The van der Waals surface area contributed by atoms with Crippen LogP contribution in [0.15, 0.2) is 6.20 Å². The van der Waals surface area contributed by atoms with Crippen molar-refractivity contribution in [1.29, 1.82) is 0 Å². The molecule has 1 aliphatic heterocycles. The lowest BCUT2D eigenvalue weighted by atomic mass is 10.0. The van der Waals surface area contributed by atoms with Crippen LogP contribution in [0.5, 0.6) is 0 Å². The summed E-state index contributed by atoms with van der Waals surface area (Å²) >= 11 is 0. The molecule has 7 nitrogen and oxygen atoms in total. The number of esters is 1. The van der Waals surface area contributed by atoms with Crippen LogP contribution in [-0.4, -0.2) is 39.3 Å². The van der Waals surface area contributed by atoms with Gasteiger partial charge in [-0.2, -0.15) is 0 Å². The van der Waals surface area contributed by atoms with Crippen molar-refractivity contribution in [1.82, 2.24) is 15.0 Å². The number of carbonyl (C=O) groups is 1. The second kappa shape index (κ2) is 6.12. The van der Waals surface area contributed by atoms with Crippen molar-refractivity contribution < 1.29 is 14.3 Å². The summed E-state index contributed by atoms with van der Waals surface area (Å²) < 4.78 is 12.5. The van der Waals surface area contributed by atoms with Crippen LogP contribution < -0.4 is 5.73 Å². The largest absolute Gasteiger partial charge is 0.461 e. The fourth-order valence-corrected chi connectivity index (χ4v) is 2.31. The number of ether oxygens (including phenoxy) is 2. The molecule has 0 aromatic carbocycles. The van der Waals surface area contributed by atoms with Gasteiger partial charge in [-0.1, -0.05) is 5.21 Å². The maximum Gasteiger partial charge on any atom is 0.328 e. The van der Waals surface area contributed by atoms with Gasteiger partial charge in [0.15, 0.2) is 0 Å². The third-order valence-corrected chi connectivity index (χ3v) is 3.04. The molecule has 0 aliphatic carbocycles. The average molecular weight is 268 g/mol. The van der Waals surface area contributed by atoms with Crippen LogP contribution in [-0.2, 0) is 27.4 Å².